The molecule has 1 aromatic rings. The van der Waals surface area contributed by atoms with Crippen LogP contribution in [0.15, 0.2) is 34.6 Å². The van der Waals surface area contributed by atoms with E-state index in [0.717, 1.165) is 5.69 Å². The molecule has 0 radical (unpaired) electrons. The summed E-state index contributed by atoms with van der Waals surface area (Å²) in [5.74, 6) is 1.35. The highest BCUT2D eigenvalue weighted by atomic mass is 35.5. The fourth-order valence-electron chi connectivity index (χ4n) is 1.09. The largest absolute Gasteiger partial charge is 0.260 e. The molecule has 0 aliphatic rings. The maximum atomic E-state index is 11.2. The monoisotopic (exact) mass is 284 g/mol. The van der Waals surface area contributed by atoms with Crippen LogP contribution in [0.2, 0.25) is 0 Å². The van der Waals surface area contributed by atoms with Gasteiger partial charge in [0.25, 0.3) is 0 Å². The van der Waals surface area contributed by atoms with Crippen molar-refractivity contribution >= 4 is 28.1 Å². The molecule has 0 bridgehead atoms. The molecule has 1 N–H and O–H groups in total. The predicted octanol–water partition coefficient (Wildman–Crippen LogP) is 2.32. The first kappa shape index (κ1) is 14.6. The lowest BCUT2D eigenvalue weighted by molar-refractivity contribution is 0.683. The van der Waals surface area contributed by atoms with Gasteiger partial charge in [0, 0.05) is 28.2 Å². The van der Waals surface area contributed by atoms with Gasteiger partial charge in [-0.3, -0.25) is 9.63 Å². The first-order valence-electron chi connectivity index (χ1n) is 5.30. The number of anilines is 1. The molecule has 0 heterocycles. The number of alkyl halides is 1. The van der Waals surface area contributed by atoms with E-state index < -0.39 is 10.8 Å². The van der Waals surface area contributed by atoms with Gasteiger partial charge in [-0.1, -0.05) is 5.22 Å². The third-order valence-electron chi connectivity index (χ3n) is 1.99. The third-order valence-corrected chi connectivity index (χ3v) is 3.70. The summed E-state index contributed by atoms with van der Waals surface area (Å²) < 4.78 is 11.2. The molecule has 1 rings (SSSR count). The molecule has 0 aromatic heterocycles. The number of hydrogen-bond acceptors (Lipinski definition) is 4. The minimum Gasteiger partial charge on any atom is -0.260 e. The average Bonchev–Trinajstić information content (AvgIpc) is 2.39. The van der Waals surface area contributed by atoms with Gasteiger partial charge in [-0.25, -0.2) is 0 Å². The van der Waals surface area contributed by atoms with Gasteiger partial charge in [0.05, 0.1) is 23.9 Å². The van der Waals surface area contributed by atoms with E-state index in [2.05, 4.69) is 15.8 Å². The Morgan fingerprint density at radius 3 is 2.67 bits per heavy atom. The van der Waals surface area contributed by atoms with E-state index >= 15 is 0 Å². The topological polar surface area (TPSA) is 77.6 Å². The summed E-state index contributed by atoms with van der Waals surface area (Å²) in [6, 6.07) is 8.88. The van der Waals surface area contributed by atoms with Gasteiger partial charge in [0.1, 0.15) is 0 Å². The quantitative estimate of drug-likeness (QED) is 0.474. The molecule has 0 amide bonds. The second kappa shape index (κ2) is 8.61. The van der Waals surface area contributed by atoms with Crippen LogP contribution in [0.1, 0.15) is 5.56 Å². The lowest BCUT2D eigenvalue weighted by atomic mass is 10.2. The molecule has 1 atom stereocenters. The van der Waals surface area contributed by atoms with Crippen molar-refractivity contribution in [1.82, 2.24) is 0 Å². The fraction of sp³-hybridized carbons (Fsp3) is 0.364. The average molecular weight is 285 g/mol. The van der Waals surface area contributed by atoms with Crippen molar-refractivity contribution in [2.24, 2.45) is 10.3 Å². The van der Waals surface area contributed by atoms with Gasteiger partial charge in [0.2, 0.25) is 0 Å². The number of nitriles is 1. The number of nitrogens with one attached hydrogen (secondary N) is 1. The Labute approximate surface area is 113 Å². The highest BCUT2D eigenvalue weighted by Crippen LogP contribution is 2.08. The second-order valence-electron chi connectivity index (χ2n) is 3.30. The summed E-state index contributed by atoms with van der Waals surface area (Å²) in [6.45, 7) is 0.396. The Morgan fingerprint density at radius 2 is 2.06 bits per heavy atom. The number of nitrogens with zero attached hydrogens (tertiary/aromatic N) is 3. The standard InChI is InChI=1S/C11H13ClN4OS/c12-5-7-18(17)8-6-14-16-15-11-3-1-10(9-13)2-4-11/h1-4H,5-8H2,(H,14,15). The van der Waals surface area contributed by atoms with E-state index in [1.165, 1.54) is 0 Å². The zero-order valence-corrected chi connectivity index (χ0v) is 11.2. The summed E-state index contributed by atoms with van der Waals surface area (Å²) >= 11 is 5.46. The minimum absolute atomic E-state index is 0.396. The van der Waals surface area contributed by atoms with Gasteiger partial charge in [-0.15, -0.1) is 11.6 Å². The Bertz CT molecular complexity index is 455. The van der Waals surface area contributed by atoms with E-state index in [1.54, 1.807) is 24.3 Å². The molecule has 1 aromatic carbocycles. The number of halogens is 1. The van der Waals surface area contributed by atoms with Crippen LogP contribution in [0.4, 0.5) is 5.69 Å². The molecular formula is C11H13ClN4OS. The zero-order chi connectivity index (χ0) is 13.2. The van der Waals surface area contributed by atoms with Crippen LogP contribution in [0.25, 0.3) is 0 Å². The molecular weight excluding hydrogens is 272 g/mol. The van der Waals surface area contributed by atoms with Crippen LogP contribution in [0.5, 0.6) is 0 Å². The van der Waals surface area contributed by atoms with E-state index in [4.69, 9.17) is 16.9 Å². The molecule has 0 saturated carbocycles. The van der Waals surface area contributed by atoms with Gasteiger partial charge in [-0.2, -0.15) is 10.4 Å². The van der Waals surface area contributed by atoms with E-state index in [-0.39, 0.29) is 0 Å². The van der Waals surface area contributed by atoms with Crippen molar-refractivity contribution < 1.29 is 4.21 Å². The lowest BCUT2D eigenvalue weighted by Crippen LogP contribution is -2.06. The van der Waals surface area contributed by atoms with E-state index in [9.17, 15) is 4.21 Å². The third kappa shape index (κ3) is 5.75. The van der Waals surface area contributed by atoms with Crippen LogP contribution >= 0.6 is 11.6 Å². The molecule has 0 fully saturated rings. The number of benzene rings is 1. The number of rotatable bonds is 7. The molecule has 5 nitrogen and oxygen atoms in total. The van der Waals surface area contributed by atoms with Crippen LogP contribution < -0.4 is 5.43 Å². The highest BCUT2D eigenvalue weighted by molar-refractivity contribution is 7.85. The van der Waals surface area contributed by atoms with E-state index in [0.29, 0.717) is 29.5 Å². The maximum absolute atomic E-state index is 11.2. The normalized spacial score (nSPS) is 12.2. The van der Waals surface area contributed by atoms with Crippen LogP contribution in [0.3, 0.4) is 0 Å². The smallest absolute Gasteiger partial charge is 0.0991 e. The highest BCUT2D eigenvalue weighted by Gasteiger charge is 1.96. The predicted molar refractivity (Wildman–Crippen MR) is 73.1 cm³/mol. The second-order valence-corrected chi connectivity index (χ2v) is 5.38. The summed E-state index contributed by atoms with van der Waals surface area (Å²) in [6.07, 6.45) is 0. The molecule has 96 valence electrons. The van der Waals surface area contributed by atoms with Crippen LogP contribution in [0, 0.1) is 11.3 Å². The summed E-state index contributed by atoms with van der Waals surface area (Å²) in [4.78, 5) is 0. The lowest BCUT2D eigenvalue weighted by Gasteiger charge is -1.98. The van der Waals surface area contributed by atoms with Gasteiger partial charge in [0.15, 0.2) is 0 Å². The van der Waals surface area contributed by atoms with Crippen molar-refractivity contribution in [3.8, 4) is 6.07 Å². The van der Waals surface area contributed by atoms with Crippen LogP contribution in [-0.2, 0) is 10.8 Å². The Balaban J connectivity index is 2.27. The summed E-state index contributed by atoms with van der Waals surface area (Å²) in [5.41, 5.74) is 4.07. The van der Waals surface area contributed by atoms with Crippen molar-refractivity contribution in [3.05, 3.63) is 29.8 Å². The first-order chi connectivity index (χ1) is 8.76. The van der Waals surface area contributed by atoms with Crippen molar-refractivity contribution in [2.45, 2.75) is 0 Å². The molecule has 0 spiro atoms. The number of hydrogen-bond donors (Lipinski definition) is 1. The molecule has 0 aliphatic carbocycles. The van der Waals surface area contributed by atoms with Crippen molar-refractivity contribution in [2.75, 3.05) is 29.4 Å². The Kier molecular flexibility index (Phi) is 6.99. The summed E-state index contributed by atoms with van der Waals surface area (Å²) in [7, 11) is -0.922. The van der Waals surface area contributed by atoms with Crippen molar-refractivity contribution in [3.63, 3.8) is 0 Å². The molecule has 18 heavy (non-hydrogen) atoms. The zero-order valence-electron chi connectivity index (χ0n) is 9.67. The first-order valence-corrected chi connectivity index (χ1v) is 7.32. The van der Waals surface area contributed by atoms with Gasteiger partial charge < -0.3 is 0 Å². The molecule has 0 aliphatic heterocycles. The molecule has 1 unspecified atom stereocenters. The van der Waals surface area contributed by atoms with Crippen LogP contribution in [-0.4, -0.2) is 28.1 Å². The maximum Gasteiger partial charge on any atom is 0.0991 e. The fourth-order valence-corrected chi connectivity index (χ4v) is 2.27. The molecule has 0 saturated heterocycles. The summed E-state index contributed by atoms with van der Waals surface area (Å²) in [5, 5.41) is 16.2. The Morgan fingerprint density at radius 1 is 1.33 bits per heavy atom. The Hall–Kier alpha value is -1.45. The minimum atomic E-state index is -0.922. The van der Waals surface area contributed by atoms with E-state index in [1.807, 2.05) is 6.07 Å². The SMILES string of the molecule is N#Cc1ccc(NN=NCCS(=O)CCCl)cc1. The van der Waals surface area contributed by atoms with Gasteiger partial charge in [-0.05, 0) is 24.3 Å². The molecule has 7 heteroatoms. The van der Waals surface area contributed by atoms with Gasteiger partial charge >= 0.3 is 0 Å². The van der Waals surface area contributed by atoms with Crippen molar-refractivity contribution in [1.29, 1.82) is 5.26 Å².